The Morgan fingerprint density at radius 3 is 2.80 bits per heavy atom. The van der Waals surface area contributed by atoms with Gasteiger partial charge in [0, 0.05) is 25.9 Å². The van der Waals surface area contributed by atoms with E-state index in [-0.39, 0.29) is 5.91 Å². The van der Waals surface area contributed by atoms with Crippen molar-refractivity contribution >= 4 is 16.9 Å². The molecule has 2 aliphatic rings. The fourth-order valence-corrected chi connectivity index (χ4v) is 4.47. The first-order valence-electron chi connectivity index (χ1n) is 9.66. The Bertz CT molecular complexity index is 699. The summed E-state index contributed by atoms with van der Waals surface area (Å²) in [6.45, 7) is 4.13. The standard InChI is InChI=1S/C20H28N4O/c25-19(7-6-18-22-16-4-1-2-5-17(16)23-18)24-14-3-8-20(11-15-24)9-12-21-13-10-20/h1-2,4-5,21H,3,6-15H2,(H,22,23). The maximum Gasteiger partial charge on any atom is 0.223 e. The predicted molar refractivity (Wildman–Crippen MR) is 99.4 cm³/mol. The third kappa shape index (κ3) is 3.71. The number of fused-ring (bicyclic) bond motifs is 1. The van der Waals surface area contributed by atoms with Gasteiger partial charge in [-0.05, 0) is 62.7 Å². The lowest BCUT2D eigenvalue weighted by atomic mass is 9.73. The number of hydrogen-bond acceptors (Lipinski definition) is 3. The molecule has 0 unspecified atom stereocenters. The van der Waals surface area contributed by atoms with Gasteiger partial charge in [0.15, 0.2) is 0 Å². The van der Waals surface area contributed by atoms with E-state index in [1.54, 1.807) is 0 Å². The number of benzene rings is 1. The summed E-state index contributed by atoms with van der Waals surface area (Å²) in [5, 5.41) is 3.47. The number of aryl methyl sites for hydroxylation is 1. The Labute approximate surface area is 149 Å². The van der Waals surface area contributed by atoms with Crippen LogP contribution in [0.1, 0.15) is 44.3 Å². The molecule has 0 radical (unpaired) electrons. The molecule has 2 saturated heterocycles. The summed E-state index contributed by atoms with van der Waals surface area (Å²) >= 11 is 0. The molecule has 5 heteroatoms. The minimum absolute atomic E-state index is 0.284. The molecule has 2 N–H and O–H groups in total. The van der Waals surface area contributed by atoms with E-state index in [1.165, 1.54) is 25.7 Å². The number of H-pyrrole nitrogens is 1. The summed E-state index contributed by atoms with van der Waals surface area (Å²) in [6, 6.07) is 8.03. The van der Waals surface area contributed by atoms with Crippen LogP contribution in [0.3, 0.4) is 0 Å². The molecule has 134 valence electrons. The Hall–Kier alpha value is -1.88. The van der Waals surface area contributed by atoms with Gasteiger partial charge in [-0.3, -0.25) is 4.79 Å². The molecule has 0 atom stereocenters. The van der Waals surface area contributed by atoms with E-state index < -0.39 is 0 Å². The lowest BCUT2D eigenvalue weighted by molar-refractivity contribution is -0.131. The molecular formula is C20H28N4O. The summed E-state index contributed by atoms with van der Waals surface area (Å²) in [6.07, 6.45) is 7.39. The predicted octanol–water partition coefficient (Wildman–Crippen LogP) is 2.88. The van der Waals surface area contributed by atoms with Gasteiger partial charge in [-0.1, -0.05) is 12.1 Å². The maximum absolute atomic E-state index is 12.7. The maximum atomic E-state index is 12.7. The van der Waals surface area contributed by atoms with Crippen molar-refractivity contribution in [2.75, 3.05) is 26.2 Å². The highest BCUT2D eigenvalue weighted by Gasteiger charge is 2.34. The van der Waals surface area contributed by atoms with Crippen LogP contribution < -0.4 is 5.32 Å². The third-order valence-electron chi connectivity index (χ3n) is 6.08. The number of carbonyl (C=O) groups excluding carboxylic acids is 1. The molecule has 1 spiro atoms. The number of nitrogens with zero attached hydrogens (tertiary/aromatic N) is 2. The van der Waals surface area contributed by atoms with E-state index in [1.807, 2.05) is 24.3 Å². The molecule has 2 aliphatic heterocycles. The minimum Gasteiger partial charge on any atom is -0.343 e. The van der Waals surface area contributed by atoms with Crippen LogP contribution in [0.4, 0.5) is 0 Å². The van der Waals surface area contributed by atoms with Gasteiger partial charge in [0.25, 0.3) is 0 Å². The van der Waals surface area contributed by atoms with E-state index in [4.69, 9.17) is 0 Å². The van der Waals surface area contributed by atoms with Crippen molar-refractivity contribution in [1.82, 2.24) is 20.2 Å². The van der Waals surface area contributed by atoms with Gasteiger partial charge < -0.3 is 15.2 Å². The Kier molecular flexibility index (Phi) is 4.75. The zero-order chi connectivity index (χ0) is 17.1. The number of nitrogens with one attached hydrogen (secondary N) is 2. The number of aromatic nitrogens is 2. The second-order valence-corrected chi connectivity index (χ2v) is 7.68. The van der Waals surface area contributed by atoms with Crippen LogP contribution >= 0.6 is 0 Å². The van der Waals surface area contributed by atoms with Gasteiger partial charge in [0.1, 0.15) is 5.82 Å². The van der Waals surface area contributed by atoms with E-state index in [9.17, 15) is 4.79 Å². The highest BCUT2D eigenvalue weighted by molar-refractivity contribution is 5.77. The number of carbonyl (C=O) groups is 1. The molecular weight excluding hydrogens is 312 g/mol. The Morgan fingerprint density at radius 1 is 1.12 bits per heavy atom. The number of amides is 1. The molecule has 5 nitrogen and oxygen atoms in total. The fraction of sp³-hybridized carbons (Fsp3) is 0.600. The van der Waals surface area contributed by atoms with Crippen molar-refractivity contribution in [3.05, 3.63) is 30.1 Å². The quantitative estimate of drug-likeness (QED) is 0.903. The van der Waals surface area contributed by atoms with Gasteiger partial charge in [0.2, 0.25) is 5.91 Å². The summed E-state index contributed by atoms with van der Waals surface area (Å²) in [4.78, 5) is 22.7. The molecule has 25 heavy (non-hydrogen) atoms. The monoisotopic (exact) mass is 340 g/mol. The first kappa shape index (κ1) is 16.6. The van der Waals surface area contributed by atoms with Crippen molar-refractivity contribution in [1.29, 1.82) is 0 Å². The summed E-state index contributed by atoms with van der Waals surface area (Å²) < 4.78 is 0. The number of rotatable bonds is 3. The third-order valence-corrected chi connectivity index (χ3v) is 6.08. The normalized spacial score (nSPS) is 20.7. The lowest BCUT2D eigenvalue weighted by Gasteiger charge is -2.37. The SMILES string of the molecule is O=C(CCc1nc2ccccc2[nH]1)N1CCCC2(CCNCC2)CC1. The van der Waals surface area contributed by atoms with Gasteiger partial charge in [-0.2, -0.15) is 0 Å². The summed E-state index contributed by atoms with van der Waals surface area (Å²) in [5.74, 6) is 1.20. The largest absolute Gasteiger partial charge is 0.343 e. The zero-order valence-electron chi connectivity index (χ0n) is 14.9. The second-order valence-electron chi connectivity index (χ2n) is 7.68. The van der Waals surface area contributed by atoms with Gasteiger partial charge in [-0.25, -0.2) is 4.98 Å². The zero-order valence-corrected chi connectivity index (χ0v) is 14.9. The average molecular weight is 340 g/mol. The van der Waals surface area contributed by atoms with E-state index >= 15 is 0 Å². The number of para-hydroxylation sites is 2. The van der Waals surface area contributed by atoms with Crippen LogP contribution in [0.5, 0.6) is 0 Å². The summed E-state index contributed by atoms with van der Waals surface area (Å²) in [5.41, 5.74) is 2.51. The van der Waals surface area contributed by atoms with Crippen LogP contribution in [-0.4, -0.2) is 47.0 Å². The number of hydrogen-bond donors (Lipinski definition) is 2. The van der Waals surface area contributed by atoms with E-state index in [2.05, 4.69) is 20.2 Å². The molecule has 2 aromatic rings. The summed E-state index contributed by atoms with van der Waals surface area (Å²) in [7, 11) is 0. The lowest BCUT2D eigenvalue weighted by Crippen LogP contribution is -2.38. The molecule has 2 fully saturated rings. The average Bonchev–Trinajstić information content (AvgIpc) is 2.96. The molecule has 1 aromatic carbocycles. The highest BCUT2D eigenvalue weighted by atomic mass is 16.2. The molecule has 1 amide bonds. The minimum atomic E-state index is 0.284. The van der Waals surface area contributed by atoms with Crippen LogP contribution in [-0.2, 0) is 11.2 Å². The number of likely N-dealkylation sites (tertiary alicyclic amines) is 1. The molecule has 3 heterocycles. The number of imidazole rings is 1. The first-order valence-corrected chi connectivity index (χ1v) is 9.66. The molecule has 0 aliphatic carbocycles. The molecule has 0 bridgehead atoms. The Balaban J connectivity index is 1.33. The van der Waals surface area contributed by atoms with Crippen LogP contribution in [0.15, 0.2) is 24.3 Å². The molecule has 4 rings (SSSR count). The number of piperidine rings is 1. The van der Waals surface area contributed by atoms with Crippen LogP contribution in [0, 0.1) is 5.41 Å². The van der Waals surface area contributed by atoms with Crippen molar-refractivity contribution in [3.8, 4) is 0 Å². The second kappa shape index (κ2) is 7.16. The van der Waals surface area contributed by atoms with Crippen molar-refractivity contribution in [2.24, 2.45) is 5.41 Å². The number of aromatic amines is 1. The van der Waals surface area contributed by atoms with E-state index in [0.717, 1.165) is 49.5 Å². The Morgan fingerprint density at radius 2 is 1.96 bits per heavy atom. The molecule has 0 saturated carbocycles. The molecule has 1 aromatic heterocycles. The van der Waals surface area contributed by atoms with Crippen molar-refractivity contribution in [3.63, 3.8) is 0 Å². The van der Waals surface area contributed by atoms with Gasteiger partial charge in [-0.15, -0.1) is 0 Å². The van der Waals surface area contributed by atoms with Gasteiger partial charge in [0.05, 0.1) is 11.0 Å². The van der Waals surface area contributed by atoms with E-state index in [0.29, 0.717) is 18.3 Å². The van der Waals surface area contributed by atoms with Crippen molar-refractivity contribution in [2.45, 2.75) is 44.9 Å². The van der Waals surface area contributed by atoms with Crippen molar-refractivity contribution < 1.29 is 4.79 Å². The van der Waals surface area contributed by atoms with Gasteiger partial charge >= 0.3 is 0 Å². The fourth-order valence-electron chi connectivity index (χ4n) is 4.47. The highest BCUT2D eigenvalue weighted by Crippen LogP contribution is 2.39. The van der Waals surface area contributed by atoms with Crippen LogP contribution in [0.2, 0.25) is 0 Å². The smallest absolute Gasteiger partial charge is 0.223 e. The first-order chi connectivity index (χ1) is 12.2. The van der Waals surface area contributed by atoms with Crippen LogP contribution in [0.25, 0.3) is 11.0 Å². The topological polar surface area (TPSA) is 61.0 Å².